The number of benzene rings is 1. The minimum atomic E-state index is 0.683. The van der Waals surface area contributed by atoms with E-state index in [2.05, 4.69) is 31.2 Å². The van der Waals surface area contributed by atoms with Crippen LogP contribution in [0.1, 0.15) is 30.4 Å². The van der Waals surface area contributed by atoms with Gasteiger partial charge in [-0.15, -0.1) is 0 Å². The summed E-state index contributed by atoms with van der Waals surface area (Å²) in [6, 6.07) is 8.78. The molecule has 2 atom stereocenters. The predicted octanol–water partition coefficient (Wildman–Crippen LogP) is 2.31. The average molecular weight is 175 g/mol. The standard InChI is InChI=1S/C12H17N/c1-2-11-10(8-13)7-9-5-3-4-6-12(9)11/h3-6,10-11H,2,7-8,13H2,1H3. The second-order valence-corrected chi connectivity index (χ2v) is 3.91. The molecule has 0 saturated heterocycles. The monoisotopic (exact) mass is 175 g/mol. The molecule has 1 aliphatic rings. The van der Waals surface area contributed by atoms with E-state index < -0.39 is 0 Å². The largest absolute Gasteiger partial charge is 0.330 e. The van der Waals surface area contributed by atoms with Crippen LogP contribution in [0.4, 0.5) is 0 Å². The lowest BCUT2D eigenvalue weighted by Crippen LogP contribution is -2.18. The molecule has 0 spiro atoms. The lowest BCUT2D eigenvalue weighted by Gasteiger charge is -2.16. The van der Waals surface area contributed by atoms with Gasteiger partial charge < -0.3 is 5.73 Å². The van der Waals surface area contributed by atoms with Crippen molar-refractivity contribution in [2.45, 2.75) is 25.7 Å². The highest BCUT2D eigenvalue weighted by molar-refractivity contribution is 5.36. The Morgan fingerprint density at radius 2 is 2.15 bits per heavy atom. The van der Waals surface area contributed by atoms with Crippen LogP contribution in [0.25, 0.3) is 0 Å². The maximum atomic E-state index is 5.78. The topological polar surface area (TPSA) is 26.0 Å². The molecule has 0 bridgehead atoms. The summed E-state index contributed by atoms with van der Waals surface area (Å²) in [7, 11) is 0. The molecule has 0 saturated carbocycles. The molecule has 1 aromatic rings. The molecule has 2 rings (SSSR count). The summed E-state index contributed by atoms with van der Waals surface area (Å²) in [5, 5.41) is 0. The molecule has 0 amide bonds. The quantitative estimate of drug-likeness (QED) is 0.733. The van der Waals surface area contributed by atoms with Gasteiger partial charge in [-0.05, 0) is 42.3 Å². The maximum absolute atomic E-state index is 5.78. The first-order valence-electron chi connectivity index (χ1n) is 5.14. The highest BCUT2D eigenvalue weighted by Gasteiger charge is 2.29. The Hall–Kier alpha value is -0.820. The van der Waals surface area contributed by atoms with Gasteiger partial charge in [0.2, 0.25) is 0 Å². The van der Waals surface area contributed by atoms with Crippen molar-refractivity contribution in [1.82, 2.24) is 0 Å². The molecule has 0 aliphatic heterocycles. The Bertz CT molecular complexity index is 293. The van der Waals surface area contributed by atoms with E-state index in [9.17, 15) is 0 Å². The van der Waals surface area contributed by atoms with Crippen LogP contribution in [0.5, 0.6) is 0 Å². The van der Waals surface area contributed by atoms with Gasteiger partial charge in [0.1, 0.15) is 0 Å². The van der Waals surface area contributed by atoms with Gasteiger partial charge in [0.05, 0.1) is 0 Å². The van der Waals surface area contributed by atoms with E-state index in [1.54, 1.807) is 5.56 Å². The Kier molecular flexibility index (Phi) is 2.36. The molecule has 1 aliphatic carbocycles. The molecule has 13 heavy (non-hydrogen) atoms. The first kappa shape index (κ1) is 8.76. The molecule has 2 N–H and O–H groups in total. The van der Waals surface area contributed by atoms with E-state index in [-0.39, 0.29) is 0 Å². The van der Waals surface area contributed by atoms with Crippen molar-refractivity contribution in [3.05, 3.63) is 35.4 Å². The summed E-state index contributed by atoms with van der Waals surface area (Å²) in [5.41, 5.74) is 8.84. The number of nitrogens with two attached hydrogens (primary N) is 1. The van der Waals surface area contributed by atoms with Crippen molar-refractivity contribution in [1.29, 1.82) is 0 Å². The van der Waals surface area contributed by atoms with E-state index in [1.165, 1.54) is 18.4 Å². The van der Waals surface area contributed by atoms with Gasteiger partial charge in [-0.3, -0.25) is 0 Å². The first-order valence-corrected chi connectivity index (χ1v) is 5.14. The SMILES string of the molecule is CCC1c2ccccc2CC1CN. The van der Waals surface area contributed by atoms with E-state index >= 15 is 0 Å². The zero-order valence-corrected chi connectivity index (χ0v) is 8.16. The maximum Gasteiger partial charge on any atom is -0.00398 e. The molecule has 70 valence electrons. The molecular weight excluding hydrogens is 158 g/mol. The lowest BCUT2D eigenvalue weighted by molar-refractivity contribution is 0.456. The number of hydrogen-bond donors (Lipinski definition) is 1. The van der Waals surface area contributed by atoms with Crippen molar-refractivity contribution in [3.8, 4) is 0 Å². The first-order chi connectivity index (χ1) is 6.36. The van der Waals surface area contributed by atoms with Gasteiger partial charge in [0, 0.05) is 0 Å². The lowest BCUT2D eigenvalue weighted by atomic mass is 9.90. The van der Waals surface area contributed by atoms with E-state index in [4.69, 9.17) is 5.73 Å². The zero-order valence-electron chi connectivity index (χ0n) is 8.16. The predicted molar refractivity (Wildman–Crippen MR) is 55.7 cm³/mol. The fourth-order valence-corrected chi connectivity index (χ4v) is 2.56. The minimum absolute atomic E-state index is 0.683. The van der Waals surface area contributed by atoms with Gasteiger partial charge in [-0.25, -0.2) is 0 Å². The van der Waals surface area contributed by atoms with Crippen LogP contribution in [-0.4, -0.2) is 6.54 Å². The second-order valence-electron chi connectivity index (χ2n) is 3.91. The fraction of sp³-hybridized carbons (Fsp3) is 0.500. The Labute approximate surface area is 80.0 Å². The van der Waals surface area contributed by atoms with Crippen LogP contribution >= 0.6 is 0 Å². The Balaban J connectivity index is 2.34. The summed E-state index contributed by atoms with van der Waals surface area (Å²) in [6.45, 7) is 3.09. The van der Waals surface area contributed by atoms with Crippen LogP contribution in [0.2, 0.25) is 0 Å². The van der Waals surface area contributed by atoms with Crippen LogP contribution < -0.4 is 5.73 Å². The molecule has 2 unspecified atom stereocenters. The van der Waals surface area contributed by atoms with Crippen molar-refractivity contribution in [3.63, 3.8) is 0 Å². The number of fused-ring (bicyclic) bond motifs is 1. The third-order valence-electron chi connectivity index (χ3n) is 3.25. The molecule has 1 aromatic carbocycles. The molecule has 0 heterocycles. The van der Waals surface area contributed by atoms with Gasteiger partial charge >= 0.3 is 0 Å². The fourth-order valence-electron chi connectivity index (χ4n) is 2.56. The van der Waals surface area contributed by atoms with Crippen molar-refractivity contribution in [2.24, 2.45) is 11.7 Å². The average Bonchev–Trinajstić information content (AvgIpc) is 2.55. The molecule has 0 radical (unpaired) electrons. The number of hydrogen-bond acceptors (Lipinski definition) is 1. The summed E-state index contributed by atoms with van der Waals surface area (Å²) >= 11 is 0. The minimum Gasteiger partial charge on any atom is -0.330 e. The summed E-state index contributed by atoms with van der Waals surface area (Å²) in [4.78, 5) is 0. The molecule has 1 heteroatoms. The normalized spacial score (nSPS) is 26.0. The third kappa shape index (κ3) is 1.37. The summed E-state index contributed by atoms with van der Waals surface area (Å²) < 4.78 is 0. The molecular formula is C12H17N. The molecule has 0 fully saturated rings. The Morgan fingerprint density at radius 1 is 1.38 bits per heavy atom. The van der Waals surface area contributed by atoms with Gasteiger partial charge in [-0.2, -0.15) is 0 Å². The van der Waals surface area contributed by atoms with Gasteiger partial charge in [0.25, 0.3) is 0 Å². The smallest absolute Gasteiger partial charge is 0.00398 e. The van der Waals surface area contributed by atoms with E-state index in [0.29, 0.717) is 11.8 Å². The van der Waals surface area contributed by atoms with Crippen molar-refractivity contribution < 1.29 is 0 Å². The van der Waals surface area contributed by atoms with Crippen molar-refractivity contribution in [2.75, 3.05) is 6.54 Å². The van der Waals surface area contributed by atoms with Crippen LogP contribution in [0.15, 0.2) is 24.3 Å². The third-order valence-corrected chi connectivity index (χ3v) is 3.25. The molecule has 1 nitrogen and oxygen atoms in total. The highest BCUT2D eigenvalue weighted by atomic mass is 14.6. The van der Waals surface area contributed by atoms with Gasteiger partial charge in [0.15, 0.2) is 0 Å². The Morgan fingerprint density at radius 3 is 2.85 bits per heavy atom. The second kappa shape index (κ2) is 3.51. The number of rotatable bonds is 2. The van der Waals surface area contributed by atoms with Gasteiger partial charge in [-0.1, -0.05) is 31.2 Å². The zero-order chi connectivity index (χ0) is 9.26. The van der Waals surface area contributed by atoms with E-state index in [1.807, 2.05) is 0 Å². The van der Waals surface area contributed by atoms with Crippen LogP contribution in [0.3, 0.4) is 0 Å². The van der Waals surface area contributed by atoms with Crippen LogP contribution in [0, 0.1) is 5.92 Å². The summed E-state index contributed by atoms with van der Waals surface area (Å²) in [5.74, 6) is 1.39. The highest BCUT2D eigenvalue weighted by Crippen LogP contribution is 2.39. The molecule has 0 aromatic heterocycles. The van der Waals surface area contributed by atoms with Crippen LogP contribution in [-0.2, 0) is 6.42 Å². The van der Waals surface area contributed by atoms with E-state index in [0.717, 1.165) is 6.54 Å². The van der Waals surface area contributed by atoms with Crippen molar-refractivity contribution >= 4 is 0 Å². The summed E-state index contributed by atoms with van der Waals surface area (Å²) in [6.07, 6.45) is 2.41.